The van der Waals surface area contributed by atoms with Gasteiger partial charge in [0.25, 0.3) is 0 Å². The SMILES string of the molecule is CCCCC/C=C/C[C@H](O)/C=C/C=C/C=C[C@@H](O)CCCC(=O)O. The topological polar surface area (TPSA) is 77.8 Å². The van der Waals surface area contributed by atoms with Gasteiger partial charge in [0.1, 0.15) is 0 Å². The molecule has 0 amide bonds. The van der Waals surface area contributed by atoms with Crippen molar-refractivity contribution in [2.45, 2.75) is 70.5 Å². The first-order valence-electron chi connectivity index (χ1n) is 8.80. The van der Waals surface area contributed by atoms with E-state index >= 15 is 0 Å². The number of allylic oxidation sites excluding steroid dienone is 5. The third-order valence-corrected chi connectivity index (χ3v) is 3.41. The number of hydrogen-bond donors (Lipinski definition) is 3. The third-order valence-electron chi connectivity index (χ3n) is 3.41. The minimum absolute atomic E-state index is 0.0778. The number of carboxylic acid groups (broad SMARTS) is 1. The maximum atomic E-state index is 10.3. The number of unbranched alkanes of at least 4 members (excludes halogenated alkanes) is 3. The molecule has 0 bridgehead atoms. The van der Waals surface area contributed by atoms with Crippen LogP contribution in [0.3, 0.4) is 0 Å². The Bertz CT molecular complexity index is 421. The van der Waals surface area contributed by atoms with Crippen molar-refractivity contribution in [3.8, 4) is 0 Å². The molecular weight excluding hydrogens is 304 g/mol. The molecule has 0 saturated carbocycles. The van der Waals surface area contributed by atoms with Gasteiger partial charge in [0, 0.05) is 6.42 Å². The van der Waals surface area contributed by atoms with Crippen LogP contribution in [0.5, 0.6) is 0 Å². The zero-order valence-corrected chi connectivity index (χ0v) is 14.7. The summed E-state index contributed by atoms with van der Waals surface area (Å²) < 4.78 is 0. The number of aliphatic hydroxyl groups is 2. The smallest absolute Gasteiger partial charge is 0.303 e. The number of hydrogen-bond acceptors (Lipinski definition) is 3. The lowest BCUT2D eigenvalue weighted by atomic mass is 10.1. The van der Waals surface area contributed by atoms with E-state index in [0.717, 1.165) is 6.42 Å². The summed E-state index contributed by atoms with van der Waals surface area (Å²) in [5, 5.41) is 27.9. The second-order valence-electron chi connectivity index (χ2n) is 5.78. The number of rotatable bonds is 14. The monoisotopic (exact) mass is 336 g/mol. The van der Waals surface area contributed by atoms with Crippen LogP contribution >= 0.6 is 0 Å². The molecule has 0 saturated heterocycles. The summed E-state index contributed by atoms with van der Waals surface area (Å²) in [6, 6.07) is 0. The van der Waals surface area contributed by atoms with Gasteiger partial charge in [0.2, 0.25) is 0 Å². The maximum absolute atomic E-state index is 10.3. The molecule has 0 unspecified atom stereocenters. The Morgan fingerprint density at radius 2 is 1.58 bits per heavy atom. The molecule has 4 heteroatoms. The Labute approximate surface area is 145 Å². The lowest BCUT2D eigenvalue weighted by Gasteiger charge is -2.02. The van der Waals surface area contributed by atoms with Crippen molar-refractivity contribution in [3.63, 3.8) is 0 Å². The molecule has 0 aromatic rings. The molecule has 0 radical (unpaired) electrons. The van der Waals surface area contributed by atoms with Crippen molar-refractivity contribution >= 4 is 5.97 Å². The van der Waals surface area contributed by atoms with Crippen LogP contribution in [-0.4, -0.2) is 33.5 Å². The summed E-state index contributed by atoms with van der Waals surface area (Å²) >= 11 is 0. The third kappa shape index (κ3) is 16.7. The van der Waals surface area contributed by atoms with Crippen LogP contribution < -0.4 is 0 Å². The molecule has 2 atom stereocenters. The van der Waals surface area contributed by atoms with Crippen LogP contribution in [0.2, 0.25) is 0 Å². The number of aliphatic hydroxyl groups excluding tert-OH is 2. The minimum Gasteiger partial charge on any atom is -0.481 e. The Morgan fingerprint density at radius 3 is 2.21 bits per heavy atom. The van der Waals surface area contributed by atoms with Gasteiger partial charge in [-0.05, 0) is 32.1 Å². The zero-order valence-electron chi connectivity index (χ0n) is 14.7. The molecular formula is C20H32O4. The van der Waals surface area contributed by atoms with E-state index in [1.54, 1.807) is 36.5 Å². The normalized spacial score (nSPS) is 15.1. The van der Waals surface area contributed by atoms with E-state index in [1.165, 1.54) is 19.3 Å². The number of aliphatic carboxylic acids is 1. The van der Waals surface area contributed by atoms with Gasteiger partial charge >= 0.3 is 5.97 Å². The van der Waals surface area contributed by atoms with Gasteiger partial charge in [-0.25, -0.2) is 0 Å². The highest BCUT2D eigenvalue weighted by Crippen LogP contribution is 2.03. The fraction of sp³-hybridized carbons (Fsp3) is 0.550. The largest absolute Gasteiger partial charge is 0.481 e. The molecule has 0 aromatic carbocycles. The highest BCUT2D eigenvalue weighted by atomic mass is 16.4. The Kier molecular flexibility index (Phi) is 15.1. The first kappa shape index (κ1) is 22.4. The number of carbonyl (C=O) groups is 1. The van der Waals surface area contributed by atoms with E-state index in [4.69, 9.17) is 5.11 Å². The summed E-state index contributed by atoms with van der Waals surface area (Å²) in [6.07, 6.45) is 19.8. The predicted octanol–water partition coefficient (Wildman–Crippen LogP) is 4.16. The Balaban J connectivity index is 3.81. The van der Waals surface area contributed by atoms with E-state index in [0.29, 0.717) is 19.3 Å². The standard InChI is InChI=1S/C20H32O4/c1-2-3-4-5-6-9-13-18(21)14-10-7-8-11-15-19(22)16-12-17-20(23)24/h6-11,14-15,18-19,21-22H,2-5,12-13,16-17H2,1H3,(H,23,24)/b8-7+,9-6+,14-10+,15-11?/t18-,19+/m0/s1. The zero-order chi connectivity index (χ0) is 18.0. The molecule has 0 fully saturated rings. The lowest BCUT2D eigenvalue weighted by molar-refractivity contribution is -0.137. The van der Waals surface area contributed by atoms with Crippen molar-refractivity contribution in [2.24, 2.45) is 0 Å². The molecule has 3 N–H and O–H groups in total. The highest BCUT2D eigenvalue weighted by Gasteiger charge is 2.01. The summed E-state index contributed by atoms with van der Waals surface area (Å²) in [6.45, 7) is 2.18. The van der Waals surface area contributed by atoms with Gasteiger partial charge in [-0.15, -0.1) is 0 Å². The van der Waals surface area contributed by atoms with Gasteiger partial charge in [-0.1, -0.05) is 68.4 Å². The van der Waals surface area contributed by atoms with E-state index in [-0.39, 0.29) is 6.42 Å². The van der Waals surface area contributed by atoms with Crippen molar-refractivity contribution in [1.82, 2.24) is 0 Å². The summed E-state index contributed by atoms with van der Waals surface area (Å²) in [7, 11) is 0. The van der Waals surface area contributed by atoms with Gasteiger partial charge in [0.15, 0.2) is 0 Å². The van der Waals surface area contributed by atoms with Crippen LogP contribution in [0.4, 0.5) is 0 Å². The Hall–Kier alpha value is -1.65. The van der Waals surface area contributed by atoms with Gasteiger partial charge < -0.3 is 15.3 Å². The van der Waals surface area contributed by atoms with Crippen LogP contribution in [0.25, 0.3) is 0 Å². The fourth-order valence-electron chi connectivity index (χ4n) is 2.02. The molecule has 0 aliphatic heterocycles. The van der Waals surface area contributed by atoms with E-state index in [2.05, 4.69) is 13.0 Å². The fourth-order valence-corrected chi connectivity index (χ4v) is 2.02. The van der Waals surface area contributed by atoms with Crippen LogP contribution in [-0.2, 0) is 4.79 Å². The molecule has 0 spiro atoms. The van der Waals surface area contributed by atoms with Crippen LogP contribution in [0.1, 0.15) is 58.3 Å². The molecule has 136 valence electrons. The van der Waals surface area contributed by atoms with Crippen LogP contribution in [0, 0.1) is 0 Å². The van der Waals surface area contributed by atoms with E-state index in [1.807, 2.05) is 6.08 Å². The van der Waals surface area contributed by atoms with E-state index < -0.39 is 18.2 Å². The average molecular weight is 336 g/mol. The summed E-state index contributed by atoms with van der Waals surface area (Å²) in [5.41, 5.74) is 0. The van der Waals surface area contributed by atoms with Crippen molar-refractivity contribution in [1.29, 1.82) is 0 Å². The average Bonchev–Trinajstić information content (AvgIpc) is 2.53. The Morgan fingerprint density at radius 1 is 0.917 bits per heavy atom. The van der Waals surface area contributed by atoms with Crippen molar-refractivity contribution in [2.75, 3.05) is 0 Å². The maximum Gasteiger partial charge on any atom is 0.303 e. The predicted molar refractivity (Wildman–Crippen MR) is 98.8 cm³/mol. The van der Waals surface area contributed by atoms with Gasteiger partial charge in [-0.3, -0.25) is 4.79 Å². The minimum atomic E-state index is -0.842. The molecule has 0 aromatic heterocycles. The van der Waals surface area contributed by atoms with E-state index in [9.17, 15) is 15.0 Å². The first-order chi connectivity index (χ1) is 11.6. The quantitative estimate of drug-likeness (QED) is 0.253. The second kappa shape index (κ2) is 16.2. The molecule has 0 rings (SSSR count). The summed E-state index contributed by atoms with van der Waals surface area (Å²) in [5.74, 6) is -0.842. The molecule has 24 heavy (non-hydrogen) atoms. The molecule has 4 nitrogen and oxygen atoms in total. The van der Waals surface area contributed by atoms with Gasteiger partial charge in [0.05, 0.1) is 12.2 Å². The van der Waals surface area contributed by atoms with Crippen LogP contribution in [0.15, 0.2) is 48.6 Å². The summed E-state index contributed by atoms with van der Waals surface area (Å²) in [4.78, 5) is 10.3. The molecule has 0 aliphatic rings. The molecule has 0 heterocycles. The molecule has 0 aliphatic carbocycles. The van der Waals surface area contributed by atoms with Crippen molar-refractivity contribution < 1.29 is 20.1 Å². The number of carboxylic acids is 1. The van der Waals surface area contributed by atoms with Crippen molar-refractivity contribution in [3.05, 3.63) is 48.6 Å². The highest BCUT2D eigenvalue weighted by molar-refractivity contribution is 5.66. The lowest BCUT2D eigenvalue weighted by Crippen LogP contribution is -2.03. The second-order valence-corrected chi connectivity index (χ2v) is 5.78. The van der Waals surface area contributed by atoms with Gasteiger partial charge in [-0.2, -0.15) is 0 Å². The first-order valence-corrected chi connectivity index (χ1v) is 8.80.